The van der Waals surface area contributed by atoms with Gasteiger partial charge in [-0.3, -0.25) is 4.79 Å². The van der Waals surface area contributed by atoms with E-state index < -0.39 is 5.91 Å². The van der Waals surface area contributed by atoms with E-state index in [1.165, 1.54) is 6.08 Å². The zero-order valence-electron chi connectivity index (χ0n) is 19.0. The SMILES string of the molecule is CCOc1cc(/C=C(\C#N)C(=O)Nc2ccc(OCc3ccccc3)cc2)cc(I)c1OCC. The molecule has 0 bridgehead atoms. The monoisotopic (exact) mass is 568 g/mol. The van der Waals surface area contributed by atoms with Crippen molar-refractivity contribution in [3.05, 3.63) is 87.0 Å². The van der Waals surface area contributed by atoms with Crippen molar-refractivity contribution in [3.8, 4) is 23.3 Å². The van der Waals surface area contributed by atoms with Gasteiger partial charge in [-0.25, -0.2) is 0 Å². The van der Waals surface area contributed by atoms with E-state index in [0.717, 1.165) is 9.13 Å². The molecule has 0 aliphatic heterocycles. The van der Waals surface area contributed by atoms with Crippen LogP contribution in [0.2, 0.25) is 0 Å². The average molecular weight is 568 g/mol. The zero-order chi connectivity index (χ0) is 24.3. The number of ether oxygens (including phenoxy) is 3. The Labute approximate surface area is 213 Å². The fraction of sp³-hybridized carbons (Fsp3) is 0.185. The zero-order valence-corrected chi connectivity index (χ0v) is 21.2. The number of nitriles is 1. The van der Waals surface area contributed by atoms with E-state index in [1.54, 1.807) is 30.3 Å². The summed E-state index contributed by atoms with van der Waals surface area (Å²) in [5.74, 6) is 1.42. The molecular formula is C27H25IN2O4. The Hall–Kier alpha value is -3.51. The number of benzene rings is 3. The number of amides is 1. The summed E-state index contributed by atoms with van der Waals surface area (Å²) < 4.78 is 18.0. The van der Waals surface area contributed by atoms with Crippen molar-refractivity contribution in [2.75, 3.05) is 18.5 Å². The first-order valence-electron chi connectivity index (χ1n) is 10.8. The number of nitrogens with zero attached hydrogens (tertiary/aromatic N) is 1. The number of rotatable bonds is 10. The summed E-state index contributed by atoms with van der Waals surface area (Å²) in [6.07, 6.45) is 1.53. The van der Waals surface area contributed by atoms with Gasteiger partial charge in [0.2, 0.25) is 0 Å². The topological polar surface area (TPSA) is 80.6 Å². The maximum atomic E-state index is 12.7. The lowest BCUT2D eigenvalue weighted by Crippen LogP contribution is -2.13. The van der Waals surface area contributed by atoms with Crippen LogP contribution in [0.1, 0.15) is 25.0 Å². The van der Waals surface area contributed by atoms with E-state index in [0.29, 0.717) is 48.3 Å². The number of nitrogens with one attached hydrogen (secondary N) is 1. The van der Waals surface area contributed by atoms with Crippen LogP contribution < -0.4 is 19.5 Å². The third-order valence-electron chi connectivity index (χ3n) is 4.66. The molecule has 0 fully saturated rings. The first-order valence-corrected chi connectivity index (χ1v) is 11.9. The molecule has 0 aromatic heterocycles. The fourth-order valence-corrected chi connectivity index (χ4v) is 3.89. The fourth-order valence-electron chi connectivity index (χ4n) is 3.11. The second-order valence-electron chi connectivity index (χ2n) is 7.12. The van der Waals surface area contributed by atoms with E-state index in [-0.39, 0.29) is 5.57 Å². The molecule has 1 amide bonds. The quantitative estimate of drug-likeness (QED) is 0.179. The highest BCUT2D eigenvalue weighted by Crippen LogP contribution is 2.35. The van der Waals surface area contributed by atoms with Crippen LogP contribution in [0.15, 0.2) is 72.3 Å². The largest absolute Gasteiger partial charge is 0.490 e. The van der Waals surface area contributed by atoms with Crippen LogP contribution in [0, 0.1) is 14.9 Å². The molecule has 0 atom stereocenters. The van der Waals surface area contributed by atoms with E-state index in [9.17, 15) is 10.1 Å². The Kier molecular flexibility index (Phi) is 9.35. The van der Waals surface area contributed by atoms with Crippen molar-refractivity contribution in [2.24, 2.45) is 0 Å². The minimum Gasteiger partial charge on any atom is -0.490 e. The molecule has 0 unspecified atom stereocenters. The second-order valence-corrected chi connectivity index (χ2v) is 8.28. The van der Waals surface area contributed by atoms with Gasteiger partial charge in [0.15, 0.2) is 11.5 Å². The highest BCUT2D eigenvalue weighted by molar-refractivity contribution is 14.1. The third-order valence-corrected chi connectivity index (χ3v) is 5.46. The highest BCUT2D eigenvalue weighted by Gasteiger charge is 2.14. The molecule has 3 rings (SSSR count). The number of hydrogen-bond acceptors (Lipinski definition) is 5. The molecule has 34 heavy (non-hydrogen) atoms. The van der Waals surface area contributed by atoms with E-state index in [2.05, 4.69) is 27.9 Å². The Morgan fingerprint density at radius 1 is 1.00 bits per heavy atom. The number of carbonyl (C=O) groups is 1. The Balaban J connectivity index is 1.70. The molecule has 7 heteroatoms. The number of anilines is 1. The van der Waals surface area contributed by atoms with Gasteiger partial charge in [0.25, 0.3) is 5.91 Å². The molecule has 6 nitrogen and oxygen atoms in total. The smallest absolute Gasteiger partial charge is 0.266 e. The third kappa shape index (κ3) is 6.99. The maximum Gasteiger partial charge on any atom is 0.266 e. The summed E-state index contributed by atoms with van der Waals surface area (Å²) in [4.78, 5) is 12.7. The minimum atomic E-state index is -0.498. The Morgan fingerprint density at radius 2 is 1.71 bits per heavy atom. The molecule has 0 heterocycles. The highest BCUT2D eigenvalue weighted by atomic mass is 127. The van der Waals surface area contributed by atoms with Crippen LogP contribution in [-0.2, 0) is 11.4 Å². The lowest BCUT2D eigenvalue weighted by Gasteiger charge is -2.13. The normalized spacial score (nSPS) is 10.8. The summed E-state index contributed by atoms with van der Waals surface area (Å²) in [7, 11) is 0. The predicted molar refractivity (Wildman–Crippen MR) is 141 cm³/mol. The lowest BCUT2D eigenvalue weighted by atomic mass is 10.1. The summed E-state index contributed by atoms with van der Waals surface area (Å²) in [5.41, 5.74) is 2.29. The summed E-state index contributed by atoms with van der Waals surface area (Å²) >= 11 is 2.15. The molecule has 174 valence electrons. The first-order chi connectivity index (χ1) is 16.5. The second kappa shape index (κ2) is 12.7. The van der Waals surface area contributed by atoms with Gasteiger partial charge in [0, 0.05) is 5.69 Å². The number of hydrogen-bond donors (Lipinski definition) is 1. The summed E-state index contributed by atoms with van der Waals surface area (Å²) in [5, 5.41) is 12.3. The number of carbonyl (C=O) groups excluding carboxylic acids is 1. The van der Waals surface area contributed by atoms with Crippen molar-refractivity contribution < 1.29 is 19.0 Å². The van der Waals surface area contributed by atoms with Crippen LogP contribution in [0.4, 0.5) is 5.69 Å². The van der Waals surface area contributed by atoms with Crippen molar-refractivity contribution in [1.82, 2.24) is 0 Å². The molecule has 0 spiro atoms. The van der Waals surface area contributed by atoms with E-state index >= 15 is 0 Å². The van der Waals surface area contributed by atoms with Gasteiger partial charge >= 0.3 is 0 Å². The van der Waals surface area contributed by atoms with Gasteiger partial charge in [-0.05, 0) is 90.0 Å². The molecule has 0 aliphatic rings. The molecule has 0 aliphatic carbocycles. The molecule has 0 saturated heterocycles. The van der Waals surface area contributed by atoms with Crippen LogP contribution in [0.3, 0.4) is 0 Å². The standard InChI is InChI=1S/C27H25IN2O4/c1-3-32-25-16-20(15-24(28)26(25)33-4-2)14-21(17-29)27(31)30-22-10-12-23(13-11-22)34-18-19-8-6-5-7-9-19/h5-16H,3-4,18H2,1-2H3,(H,30,31)/b21-14+. The molecular weight excluding hydrogens is 543 g/mol. The van der Waals surface area contributed by atoms with Crippen molar-refractivity contribution in [1.29, 1.82) is 5.26 Å². The van der Waals surface area contributed by atoms with Gasteiger partial charge in [0.05, 0.1) is 16.8 Å². The van der Waals surface area contributed by atoms with Crippen LogP contribution >= 0.6 is 22.6 Å². The molecule has 1 N–H and O–H groups in total. The van der Waals surface area contributed by atoms with Crippen molar-refractivity contribution in [3.63, 3.8) is 0 Å². The average Bonchev–Trinajstić information content (AvgIpc) is 2.85. The minimum absolute atomic E-state index is 0.0215. The molecule has 0 radical (unpaired) electrons. The van der Waals surface area contributed by atoms with Crippen molar-refractivity contribution in [2.45, 2.75) is 20.5 Å². The molecule has 3 aromatic rings. The van der Waals surface area contributed by atoms with Gasteiger partial charge in [-0.15, -0.1) is 0 Å². The summed E-state index contributed by atoms with van der Waals surface area (Å²) in [6.45, 7) is 5.22. The van der Waals surface area contributed by atoms with Crippen LogP contribution in [-0.4, -0.2) is 19.1 Å². The first kappa shape index (κ1) is 25.1. The number of halogens is 1. The van der Waals surface area contributed by atoms with Crippen molar-refractivity contribution >= 4 is 40.3 Å². The van der Waals surface area contributed by atoms with Crippen LogP contribution in [0.5, 0.6) is 17.2 Å². The van der Waals surface area contributed by atoms with E-state index in [1.807, 2.05) is 56.3 Å². The van der Waals surface area contributed by atoms with Gasteiger partial charge in [-0.1, -0.05) is 30.3 Å². The van der Waals surface area contributed by atoms with Gasteiger partial charge in [0.1, 0.15) is 24.0 Å². The van der Waals surface area contributed by atoms with Gasteiger partial charge in [-0.2, -0.15) is 5.26 Å². The van der Waals surface area contributed by atoms with Crippen LogP contribution in [0.25, 0.3) is 6.08 Å². The van der Waals surface area contributed by atoms with E-state index in [4.69, 9.17) is 14.2 Å². The molecule has 0 saturated carbocycles. The predicted octanol–water partition coefficient (Wildman–Crippen LogP) is 6.21. The lowest BCUT2D eigenvalue weighted by molar-refractivity contribution is -0.112. The molecule has 3 aromatic carbocycles. The van der Waals surface area contributed by atoms with Gasteiger partial charge < -0.3 is 19.5 Å². The maximum absolute atomic E-state index is 12.7. The Morgan fingerprint density at radius 3 is 2.35 bits per heavy atom. The Bertz CT molecular complexity index is 1190. The summed E-state index contributed by atoms with van der Waals surface area (Å²) in [6, 6.07) is 22.5.